The van der Waals surface area contributed by atoms with Crippen molar-refractivity contribution in [1.29, 1.82) is 0 Å². The summed E-state index contributed by atoms with van der Waals surface area (Å²) in [6.07, 6.45) is 6.71. The number of rotatable bonds is 8. The lowest BCUT2D eigenvalue weighted by molar-refractivity contribution is 0.0747. The van der Waals surface area contributed by atoms with E-state index >= 15 is 0 Å². The van der Waals surface area contributed by atoms with Crippen LogP contribution in [0.25, 0.3) is 0 Å². The summed E-state index contributed by atoms with van der Waals surface area (Å²) in [4.78, 5) is 19.4. The number of halogens is 1. The van der Waals surface area contributed by atoms with Gasteiger partial charge >= 0.3 is 0 Å². The highest BCUT2D eigenvalue weighted by Crippen LogP contribution is 2.33. The van der Waals surface area contributed by atoms with Crippen molar-refractivity contribution in [1.82, 2.24) is 14.5 Å². The van der Waals surface area contributed by atoms with Crippen molar-refractivity contribution >= 4 is 27.3 Å². The number of amides is 1. The van der Waals surface area contributed by atoms with E-state index in [2.05, 4.69) is 4.98 Å². The smallest absolute Gasteiger partial charge is 0.254 e. The molecule has 0 saturated heterocycles. The molecule has 1 saturated carbocycles. The largest absolute Gasteiger partial charge is 0.333 e. The molecule has 35 heavy (non-hydrogen) atoms. The highest BCUT2D eigenvalue weighted by molar-refractivity contribution is 7.90. The van der Waals surface area contributed by atoms with Crippen molar-refractivity contribution in [3.8, 4) is 0 Å². The second-order valence-electron chi connectivity index (χ2n) is 9.27. The Balaban J connectivity index is 1.68. The molecule has 0 atom stereocenters. The number of carbonyl (C=O) groups excluding carboxylic acids is 1. The molecule has 3 aromatic rings. The van der Waals surface area contributed by atoms with Gasteiger partial charge in [-0.2, -0.15) is 0 Å². The summed E-state index contributed by atoms with van der Waals surface area (Å²) in [6.45, 7) is 4.63. The molecular weight excluding hydrogens is 482 g/mol. The van der Waals surface area contributed by atoms with Gasteiger partial charge < -0.3 is 9.47 Å². The van der Waals surface area contributed by atoms with Gasteiger partial charge in [-0.15, -0.1) is 0 Å². The van der Waals surface area contributed by atoms with Crippen LogP contribution in [0.4, 0.5) is 0 Å². The maximum absolute atomic E-state index is 13.6. The van der Waals surface area contributed by atoms with Crippen LogP contribution in [0.1, 0.15) is 72.2 Å². The SMILES string of the molecule is CCN(Cc1cnc(S(=O)(=O)Cc2cccc(C)c2)n1C1CCCCC1)C(=O)c1cccc(Cl)c1. The van der Waals surface area contributed by atoms with Crippen LogP contribution < -0.4 is 0 Å². The van der Waals surface area contributed by atoms with Crippen LogP contribution in [-0.2, 0) is 22.1 Å². The lowest BCUT2D eigenvalue weighted by atomic mass is 9.95. The first-order valence-electron chi connectivity index (χ1n) is 12.2. The Kier molecular flexibility index (Phi) is 7.97. The van der Waals surface area contributed by atoms with E-state index in [0.717, 1.165) is 48.9 Å². The first-order chi connectivity index (χ1) is 16.8. The Bertz CT molecular complexity index is 1300. The average Bonchev–Trinajstić information content (AvgIpc) is 3.27. The van der Waals surface area contributed by atoms with Crippen molar-refractivity contribution in [2.75, 3.05) is 6.54 Å². The minimum atomic E-state index is -3.68. The second kappa shape index (κ2) is 11.0. The summed E-state index contributed by atoms with van der Waals surface area (Å²) < 4.78 is 29.0. The number of imidazole rings is 1. The fourth-order valence-electron chi connectivity index (χ4n) is 4.87. The quantitative estimate of drug-likeness (QED) is 0.371. The fraction of sp³-hybridized carbons (Fsp3) is 0.407. The Morgan fingerprint density at radius 1 is 1.11 bits per heavy atom. The first kappa shape index (κ1) is 25.5. The summed E-state index contributed by atoms with van der Waals surface area (Å²) in [5, 5.41) is 0.607. The molecule has 1 heterocycles. The van der Waals surface area contributed by atoms with Gasteiger partial charge in [0.1, 0.15) is 0 Å². The highest BCUT2D eigenvalue weighted by Gasteiger charge is 2.30. The molecule has 186 valence electrons. The van der Waals surface area contributed by atoms with Gasteiger partial charge in [0.25, 0.3) is 5.91 Å². The van der Waals surface area contributed by atoms with Crippen molar-refractivity contribution < 1.29 is 13.2 Å². The Hall–Kier alpha value is -2.64. The van der Waals surface area contributed by atoms with Gasteiger partial charge in [0.2, 0.25) is 15.0 Å². The third-order valence-electron chi connectivity index (χ3n) is 6.59. The molecule has 0 aliphatic heterocycles. The number of nitrogens with zero attached hydrogens (tertiary/aromatic N) is 3. The molecule has 4 rings (SSSR count). The zero-order valence-corrected chi connectivity index (χ0v) is 21.9. The number of aromatic nitrogens is 2. The zero-order valence-electron chi connectivity index (χ0n) is 20.3. The monoisotopic (exact) mass is 513 g/mol. The summed E-state index contributed by atoms with van der Waals surface area (Å²) in [5.41, 5.74) is 3.02. The zero-order chi connectivity index (χ0) is 25.0. The van der Waals surface area contributed by atoms with Crippen LogP contribution in [0.2, 0.25) is 5.02 Å². The summed E-state index contributed by atoms with van der Waals surface area (Å²) >= 11 is 6.10. The number of hydrogen-bond donors (Lipinski definition) is 0. The topological polar surface area (TPSA) is 72.3 Å². The van der Waals surface area contributed by atoms with E-state index in [0.29, 0.717) is 17.1 Å². The van der Waals surface area contributed by atoms with Gasteiger partial charge in [0.15, 0.2) is 0 Å². The Morgan fingerprint density at radius 2 is 1.86 bits per heavy atom. The highest BCUT2D eigenvalue weighted by atomic mass is 35.5. The van der Waals surface area contributed by atoms with E-state index in [9.17, 15) is 13.2 Å². The standard InChI is InChI=1S/C27H32ClN3O3S/c1-3-30(26(32)22-11-8-12-23(28)16-22)18-25-17-29-27(31(25)24-13-5-4-6-14-24)35(33,34)19-21-10-7-9-20(2)15-21/h7-12,15-17,24H,3-6,13-14,18-19H2,1-2H3. The van der Waals surface area contributed by atoms with Crippen LogP contribution in [0.3, 0.4) is 0 Å². The number of hydrogen-bond acceptors (Lipinski definition) is 4. The molecule has 0 unspecified atom stereocenters. The third kappa shape index (κ3) is 5.96. The normalized spacial score (nSPS) is 14.7. The molecule has 1 aromatic heterocycles. The maximum atomic E-state index is 13.6. The van der Waals surface area contributed by atoms with E-state index in [1.54, 1.807) is 35.4 Å². The van der Waals surface area contributed by atoms with Crippen molar-refractivity contribution in [3.05, 3.63) is 82.1 Å². The number of carbonyl (C=O) groups is 1. The minimum Gasteiger partial charge on any atom is -0.333 e. The summed E-state index contributed by atoms with van der Waals surface area (Å²) in [6, 6.07) is 14.5. The number of aryl methyl sites for hydroxylation is 1. The molecule has 8 heteroatoms. The average molecular weight is 514 g/mol. The predicted octanol–water partition coefficient (Wildman–Crippen LogP) is 5.99. The van der Waals surface area contributed by atoms with E-state index in [1.165, 1.54) is 0 Å². The number of benzene rings is 2. The molecule has 2 aromatic carbocycles. The molecule has 1 aliphatic rings. The van der Waals surface area contributed by atoms with E-state index in [-0.39, 0.29) is 29.4 Å². The lowest BCUT2D eigenvalue weighted by Crippen LogP contribution is -2.32. The summed E-state index contributed by atoms with van der Waals surface area (Å²) in [7, 11) is -3.68. The molecule has 6 nitrogen and oxygen atoms in total. The van der Waals surface area contributed by atoms with Crippen LogP contribution in [0, 0.1) is 6.92 Å². The third-order valence-corrected chi connectivity index (χ3v) is 8.40. The van der Waals surface area contributed by atoms with Crippen molar-refractivity contribution in [2.45, 2.75) is 69.4 Å². The Labute approximate surface area is 212 Å². The lowest BCUT2D eigenvalue weighted by Gasteiger charge is -2.28. The predicted molar refractivity (Wildman–Crippen MR) is 138 cm³/mol. The van der Waals surface area contributed by atoms with Crippen LogP contribution in [-0.4, -0.2) is 35.3 Å². The molecule has 0 radical (unpaired) electrons. The molecule has 0 bridgehead atoms. The molecular formula is C27H32ClN3O3S. The first-order valence-corrected chi connectivity index (χ1v) is 14.2. The van der Waals surface area contributed by atoms with Crippen molar-refractivity contribution in [3.63, 3.8) is 0 Å². The molecule has 0 spiro atoms. The van der Waals surface area contributed by atoms with Crippen LogP contribution in [0.5, 0.6) is 0 Å². The molecule has 1 aliphatic carbocycles. The van der Waals surface area contributed by atoms with E-state index in [1.807, 2.05) is 42.7 Å². The van der Waals surface area contributed by atoms with Gasteiger partial charge in [0.05, 0.1) is 24.2 Å². The van der Waals surface area contributed by atoms with Gasteiger partial charge in [-0.25, -0.2) is 13.4 Å². The van der Waals surface area contributed by atoms with Crippen LogP contribution in [0.15, 0.2) is 59.9 Å². The number of sulfone groups is 1. The Morgan fingerprint density at radius 3 is 2.54 bits per heavy atom. The van der Waals surface area contributed by atoms with Gasteiger partial charge in [-0.05, 0) is 50.5 Å². The molecule has 0 N–H and O–H groups in total. The van der Waals surface area contributed by atoms with Gasteiger partial charge in [0, 0.05) is 23.2 Å². The van der Waals surface area contributed by atoms with Crippen LogP contribution >= 0.6 is 11.6 Å². The van der Waals surface area contributed by atoms with E-state index < -0.39 is 9.84 Å². The summed E-state index contributed by atoms with van der Waals surface area (Å²) in [5.74, 6) is -0.243. The van der Waals surface area contributed by atoms with Crippen molar-refractivity contribution in [2.24, 2.45) is 0 Å². The van der Waals surface area contributed by atoms with E-state index in [4.69, 9.17) is 11.6 Å². The minimum absolute atomic E-state index is 0.0588. The fourth-order valence-corrected chi connectivity index (χ4v) is 6.58. The maximum Gasteiger partial charge on any atom is 0.254 e. The second-order valence-corrected chi connectivity index (χ2v) is 11.6. The molecule has 1 amide bonds. The van der Waals surface area contributed by atoms with Gasteiger partial charge in [-0.3, -0.25) is 4.79 Å². The molecule has 1 fully saturated rings. The van der Waals surface area contributed by atoms with Gasteiger partial charge in [-0.1, -0.05) is 66.8 Å².